The molecule has 0 aromatic carbocycles. The van der Waals surface area contributed by atoms with Gasteiger partial charge in [0.1, 0.15) is 5.78 Å². The van der Waals surface area contributed by atoms with Crippen LogP contribution in [0.25, 0.3) is 0 Å². The Morgan fingerprint density at radius 3 is 2.68 bits per heavy atom. The van der Waals surface area contributed by atoms with Gasteiger partial charge in [-0.15, -0.1) is 6.58 Å². The molecule has 108 valence electrons. The van der Waals surface area contributed by atoms with Crippen LogP contribution in [0.1, 0.15) is 58.8 Å². The van der Waals surface area contributed by atoms with Crippen LogP contribution in [0.5, 0.6) is 0 Å². The Labute approximate surface area is 116 Å². The maximum absolute atomic E-state index is 12.2. The number of rotatable bonds is 4. The van der Waals surface area contributed by atoms with E-state index in [0.29, 0.717) is 13.0 Å². The Bertz CT molecular complexity index is 334. The fourth-order valence-corrected chi connectivity index (χ4v) is 3.14. The number of hydrogen-bond donors (Lipinski definition) is 0. The van der Waals surface area contributed by atoms with E-state index in [2.05, 4.69) is 6.58 Å². The summed E-state index contributed by atoms with van der Waals surface area (Å²) in [6, 6.07) is 0. The smallest absolute Gasteiger partial charge is 0.168 e. The number of ether oxygens (including phenoxy) is 2. The third kappa shape index (κ3) is 3.09. The molecule has 2 rings (SSSR count). The third-order valence-corrected chi connectivity index (χ3v) is 4.57. The van der Waals surface area contributed by atoms with E-state index in [1.165, 1.54) is 6.42 Å². The molecule has 2 aliphatic rings. The van der Waals surface area contributed by atoms with E-state index < -0.39 is 11.2 Å². The molecule has 0 unspecified atom stereocenters. The molecule has 0 bridgehead atoms. The summed E-state index contributed by atoms with van der Waals surface area (Å²) < 4.78 is 12.2. The molecule has 1 aliphatic carbocycles. The lowest BCUT2D eigenvalue weighted by Crippen LogP contribution is -2.52. The molecular weight excluding hydrogens is 240 g/mol. The van der Waals surface area contributed by atoms with Gasteiger partial charge in [-0.2, -0.15) is 0 Å². The van der Waals surface area contributed by atoms with Gasteiger partial charge in [-0.25, -0.2) is 0 Å². The topological polar surface area (TPSA) is 35.5 Å². The molecule has 1 atom stereocenters. The van der Waals surface area contributed by atoms with Crippen LogP contribution in [0.15, 0.2) is 12.7 Å². The van der Waals surface area contributed by atoms with Crippen molar-refractivity contribution in [2.75, 3.05) is 6.61 Å². The number of carbonyl (C=O) groups excluding carboxylic acids is 1. The van der Waals surface area contributed by atoms with Crippen LogP contribution < -0.4 is 0 Å². The van der Waals surface area contributed by atoms with Gasteiger partial charge in [0, 0.05) is 19.3 Å². The van der Waals surface area contributed by atoms with Crippen LogP contribution in [0.3, 0.4) is 0 Å². The van der Waals surface area contributed by atoms with Crippen molar-refractivity contribution in [1.29, 1.82) is 0 Å². The van der Waals surface area contributed by atoms with Crippen molar-refractivity contribution in [3.05, 3.63) is 12.7 Å². The minimum absolute atomic E-state index is 0.0354. The quantitative estimate of drug-likeness (QED) is 0.729. The van der Waals surface area contributed by atoms with E-state index in [1.807, 2.05) is 13.8 Å². The van der Waals surface area contributed by atoms with Gasteiger partial charge in [0.25, 0.3) is 0 Å². The summed E-state index contributed by atoms with van der Waals surface area (Å²) >= 11 is 0. The van der Waals surface area contributed by atoms with E-state index in [4.69, 9.17) is 9.47 Å². The van der Waals surface area contributed by atoms with E-state index in [-0.39, 0.29) is 11.9 Å². The number of Topliss-reactive ketones (excluding diaryl/α,β-unsaturated/α-hetero) is 1. The zero-order valence-electron chi connectivity index (χ0n) is 12.2. The molecule has 0 N–H and O–H groups in total. The summed E-state index contributed by atoms with van der Waals surface area (Å²) in [5.41, 5.74) is -0.456. The highest BCUT2D eigenvalue weighted by Gasteiger charge is 2.46. The highest BCUT2D eigenvalue weighted by Crippen LogP contribution is 2.41. The molecule has 0 aromatic rings. The van der Waals surface area contributed by atoms with Crippen molar-refractivity contribution in [3.63, 3.8) is 0 Å². The summed E-state index contributed by atoms with van der Waals surface area (Å²) in [6.45, 7) is 8.34. The lowest BCUT2D eigenvalue weighted by atomic mass is 9.78. The Kier molecular flexibility index (Phi) is 4.46. The largest absolute Gasteiger partial charge is 0.350 e. The van der Waals surface area contributed by atoms with Crippen LogP contribution in [0.4, 0.5) is 0 Å². The molecule has 3 heteroatoms. The number of ketones is 1. The third-order valence-electron chi connectivity index (χ3n) is 4.57. The zero-order valence-corrected chi connectivity index (χ0v) is 12.2. The normalized spacial score (nSPS) is 27.2. The van der Waals surface area contributed by atoms with Gasteiger partial charge < -0.3 is 9.47 Å². The predicted octanol–water partition coefficient (Wildman–Crippen LogP) is 3.62. The first kappa shape index (κ1) is 14.7. The number of hydrogen-bond acceptors (Lipinski definition) is 3. The summed E-state index contributed by atoms with van der Waals surface area (Å²) in [5, 5.41) is 0. The lowest BCUT2D eigenvalue weighted by Gasteiger charge is -2.47. The van der Waals surface area contributed by atoms with Crippen LogP contribution in [0, 0.1) is 5.41 Å². The Morgan fingerprint density at radius 2 is 2.05 bits per heavy atom. The average Bonchev–Trinajstić information content (AvgIpc) is 2.40. The standard InChI is InChI=1S/C16H26O3/c1-4-8-13(17)15(2,3)14-9-12-18-16(19-14)10-6-5-7-11-16/h4,14H,1,5-12H2,2-3H3/t14-/m0/s1. The fourth-order valence-electron chi connectivity index (χ4n) is 3.14. The van der Waals surface area contributed by atoms with E-state index >= 15 is 0 Å². The Balaban J connectivity index is 2.07. The Hall–Kier alpha value is -0.670. The average molecular weight is 266 g/mol. The molecule has 1 saturated carbocycles. The van der Waals surface area contributed by atoms with Gasteiger partial charge in [0.05, 0.1) is 18.1 Å². The van der Waals surface area contributed by atoms with Crippen molar-refractivity contribution in [1.82, 2.24) is 0 Å². The van der Waals surface area contributed by atoms with Gasteiger partial charge in [-0.1, -0.05) is 26.3 Å². The molecule has 1 saturated heterocycles. The van der Waals surface area contributed by atoms with Gasteiger partial charge in [0.15, 0.2) is 5.79 Å². The SMILES string of the molecule is C=CCC(=O)C(C)(C)[C@@H]1CCOC2(CCCCC2)O1. The first-order valence-electron chi connectivity index (χ1n) is 7.46. The fraction of sp³-hybridized carbons (Fsp3) is 0.812. The summed E-state index contributed by atoms with van der Waals surface area (Å²) in [7, 11) is 0. The van der Waals surface area contributed by atoms with Gasteiger partial charge in [0.2, 0.25) is 0 Å². The molecule has 19 heavy (non-hydrogen) atoms. The van der Waals surface area contributed by atoms with Crippen LogP contribution >= 0.6 is 0 Å². The Morgan fingerprint density at radius 1 is 1.37 bits per heavy atom. The molecule has 0 aromatic heterocycles. The van der Waals surface area contributed by atoms with E-state index in [0.717, 1.165) is 32.1 Å². The van der Waals surface area contributed by atoms with Gasteiger partial charge >= 0.3 is 0 Å². The second-order valence-corrected chi connectivity index (χ2v) is 6.35. The highest BCUT2D eigenvalue weighted by molar-refractivity contribution is 5.85. The van der Waals surface area contributed by atoms with Crippen LogP contribution in [0.2, 0.25) is 0 Å². The molecule has 2 fully saturated rings. The molecule has 0 radical (unpaired) electrons. The zero-order chi connectivity index (χ0) is 13.9. The van der Waals surface area contributed by atoms with Crippen molar-refractivity contribution < 1.29 is 14.3 Å². The van der Waals surface area contributed by atoms with E-state index in [9.17, 15) is 4.79 Å². The molecule has 0 amide bonds. The summed E-state index contributed by atoms with van der Waals surface area (Å²) in [6.07, 6.45) is 8.38. The maximum Gasteiger partial charge on any atom is 0.168 e. The molecule has 3 nitrogen and oxygen atoms in total. The van der Waals surface area contributed by atoms with Gasteiger partial charge in [-0.05, 0) is 19.3 Å². The first-order chi connectivity index (χ1) is 9.00. The van der Waals surface area contributed by atoms with Crippen LogP contribution in [-0.2, 0) is 14.3 Å². The maximum atomic E-state index is 12.2. The van der Waals surface area contributed by atoms with E-state index in [1.54, 1.807) is 6.08 Å². The summed E-state index contributed by atoms with van der Waals surface area (Å²) in [4.78, 5) is 12.2. The number of allylic oxidation sites excluding steroid dienone is 1. The number of carbonyl (C=O) groups is 1. The second kappa shape index (κ2) is 5.76. The van der Waals surface area contributed by atoms with Gasteiger partial charge in [-0.3, -0.25) is 4.79 Å². The lowest BCUT2D eigenvalue weighted by molar-refractivity contribution is -0.317. The summed E-state index contributed by atoms with van der Waals surface area (Å²) in [5.74, 6) is -0.201. The van der Waals surface area contributed by atoms with Crippen molar-refractivity contribution in [2.45, 2.75) is 70.7 Å². The minimum atomic E-state index is -0.456. The minimum Gasteiger partial charge on any atom is -0.350 e. The van der Waals surface area contributed by atoms with Crippen molar-refractivity contribution >= 4 is 5.78 Å². The first-order valence-corrected chi connectivity index (χ1v) is 7.46. The van der Waals surface area contributed by atoms with Crippen molar-refractivity contribution in [2.24, 2.45) is 5.41 Å². The molecule has 1 spiro atoms. The monoisotopic (exact) mass is 266 g/mol. The highest BCUT2D eigenvalue weighted by atomic mass is 16.7. The molecule has 1 heterocycles. The second-order valence-electron chi connectivity index (χ2n) is 6.35. The predicted molar refractivity (Wildman–Crippen MR) is 74.9 cm³/mol. The van der Waals surface area contributed by atoms with Crippen LogP contribution in [-0.4, -0.2) is 24.3 Å². The molecule has 1 aliphatic heterocycles. The molecular formula is C16H26O3. The van der Waals surface area contributed by atoms with Crippen molar-refractivity contribution in [3.8, 4) is 0 Å².